The van der Waals surface area contributed by atoms with Gasteiger partial charge in [-0.05, 0) is 0 Å². The van der Waals surface area contributed by atoms with Gasteiger partial charge in [0.2, 0.25) is 5.89 Å². The van der Waals surface area contributed by atoms with Crippen LogP contribution in [-0.2, 0) is 6.54 Å². The summed E-state index contributed by atoms with van der Waals surface area (Å²) in [6.45, 7) is 0.340. The summed E-state index contributed by atoms with van der Waals surface area (Å²) in [6, 6.07) is 9.82. The van der Waals surface area contributed by atoms with E-state index < -0.39 is 0 Å². The summed E-state index contributed by atoms with van der Waals surface area (Å²) in [6.07, 6.45) is 1.69. The predicted molar refractivity (Wildman–Crippen MR) is 49.8 cm³/mol. The average Bonchev–Trinajstić information content (AvgIpc) is 2.67. The highest BCUT2D eigenvalue weighted by Gasteiger charge is 2.03. The van der Waals surface area contributed by atoms with E-state index in [4.69, 9.17) is 10.2 Å². The van der Waals surface area contributed by atoms with Crippen molar-refractivity contribution in [3.63, 3.8) is 0 Å². The first-order chi connectivity index (χ1) is 6.40. The van der Waals surface area contributed by atoms with Gasteiger partial charge in [-0.15, -0.1) is 0 Å². The molecule has 0 unspecified atom stereocenters. The first kappa shape index (κ1) is 8.01. The summed E-state index contributed by atoms with van der Waals surface area (Å²) in [7, 11) is 0. The number of rotatable bonds is 2. The number of oxazole rings is 1. The summed E-state index contributed by atoms with van der Waals surface area (Å²) in [5.74, 6) is 1.33. The minimum atomic E-state index is 0.340. The third kappa shape index (κ3) is 1.60. The SMILES string of the molecule is NCc1ncc(-c2ccccc2)o1. The lowest BCUT2D eigenvalue weighted by molar-refractivity contribution is 0.509. The largest absolute Gasteiger partial charge is 0.439 e. The zero-order valence-electron chi connectivity index (χ0n) is 7.10. The Morgan fingerprint density at radius 3 is 2.62 bits per heavy atom. The van der Waals surface area contributed by atoms with Gasteiger partial charge in [0.05, 0.1) is 12.7 Å². The molecule has 0 saturated carbocycles. The minimum absolute atomic E-state index is 0.340. The Hall–Kier alpha value is -1.61. The molecule has 66 valence electrons. The van der Waals surface area contributed by atoms with Crippen LogP contribution < -0.4 is 5.73 Å². The number of hydrogen-bond acceptors (Lipinski definition) is 3. The van der Waals surface area contributed by atoms with E-state index in [1.165, 1.54) is 0 Å². The molecule has 1 aromatic carbocycles. The van der Waals surface area contributed by atoms with Crippen molar-refractivity contribution in [2.75, 3.05) is 0 Å². The molecule has 0 radical (unpaired) electrons. The Balaban J connectivity index is 2.36. The van der Waals surface area contributed by atoms with Gasteiger partial charge in [-0.3, -0.25) is 0 Å². The fraction of sp³-hybridized carbons (Fsp3) is 0.100. The number of nitrogens with two attached hydrogens (primary N) is 1. The zero-order chi connectivity index (χ0) is 9.10. The molecule has 0 aliphatic rings. The van der Waals surface area contributed by atoms with Crippen molar-refractivity contribution in [2.45, 2.75) is 6.54 Å². The Labute approximate surface area is 76.2 Å². The maximum Gasteiger partial charge on any atom is 0.208 e. The molecule has 2 rings (SSSR count). The standard InChI is InChI=1S/C10H10N2O/c11-6-10-12-7-9(13-10)8-4-2-1-3-5-8/h1-5,7H,6,11H2. The lowest BCUT2D eigenvalue weighted by atomic mass is 10.2. The van der Waals surface area contributed by atoms with Gasteiger partial charge >= 0.3 is 0 Å². The molecule has 2 N–H and O–H groups in total. The Morgan fingerprint density at radius 1 is 1.23 bits per heavy atom. The van der Waals surface area contributed by atoms with E-state index in [9.17, 15) is 0 Å². The van der Waals surface area contributed by atoms with Crippen LogP contribution in [0.4, 0.5) is 0 Å². The zero-order valence-corrected chi connectivity index (χ0v) is 7.10. The quantitative estimate of drug-likeness (QED) is 0.755. The monoisotopic (exact) mass is 174 g/mol. The summed E-state index contributed by atoms with van der Waals surface area (Å²) in [4.78, 5) is 4.02. The lowest BCUT2D eigenvalue weighted by Gasteiger charge is -1.93. The van der Waals surface area contributed by atoms with E-state index in [0.29, 0.717) is 12.4 Å². The topological polar surface area (TPSA) is 52.0 Å². The maximum atomic E-state index is 5.38. The Bertz CT molecular complexity index is 381. The van der Waals surface area contributed by atoms with Crippen molar-refractivity contribution >= 4 is 0 Å². The molecule has 2 aromatic rings. The minimum Gasteiger partial charge on any atom is -0.439 e. The second kappa shape index (κ2) is 3.41. The van der Waals surface area contributed by atoms with Crippen LogP contribution in [0.25, 0.3) is 11.3 Å². The Morgan fingerprint density at radius 2 is 2.00 bits per heavy atom. The first-order valence-electron chi connectivity index (χ1n) is 4.10. The predicted octanol–water partition coefficient (Wildman–Crippen LogP) is 1.80. The van der Waals surface area contributed by atoms with E-state index in [-0.39, 0.29) is 0 Å². The van der Waals surface area contributed by atoms with E-state index in [0.717, 1.165) is 11.3 Å². The van der Waals surface area contributed by atoms with Crippen LogP contribution in [0.2, 0.25) is 0 Å². The smallest absolute Gasteiger partial charge is 0.208 e. The van der Waals surface area contributed by atoms with Crippen molar-refractivity contribution in [1.29, 1.82) is 0 Å². The van der Waals surface area contributed by atoms with Crippen LogP contribution >= 0.6 is 0 Å². The fourth-order valence-corrected chi connectivity index (χ4v) is 1.14. The number of nitrogens with zero attached hydrogens (tertiary/aromatic N) is 1. The second-order valence-corrected chi connectivity index (χ2v) is 2.69. The van der Waals surface area contributed by atoms with E-state index in [1.807, 2.05) is 30.3 Å². The fourth-order valence-electron chi connectivity index (χ4n) is 1.14. The molecule has 13 heavy (non-hydrogen) atoms. The molecular formula is C10H10N2O. The van der Waals surface area contributed by atoms with E-state index in [2.05, 4.69) is 4.98 Å². The molecule has 1 heterocycles. The van der Waals surface area contributed by atoms with Crippen LogP contribution in [0, 0.1) is 0 Å². The van der Waals surface area contributed by atoms with Crippen molar-refractivity contribution in [3.05, 3.63) is 42.4 Å². The molecule has 0 bridgehead atoms. The normalized spacial score (nSPS) is 10.2. The van der Waals surface area contributed by atoms with Gasteiger partial charge in [0.15, 0.2) is 5.76 Å². The van der Waals surface area contributed by atoms with Gasteiger partial charge in [0.1, 0.15) is 0 Å². The molecular weight excluding hydrogens is 164 g/mol. The first-order valence-corrected chi connectivity index (χ1v) is 4.10. The Kier molecular flexibility index (Phi) is 2.10. The van der Waals surface area contributed by atoms with Crippen LogP contribution in [0.3, 0.4) is 0 Å². The molecule has 0 aliphatic heterocycles. The van der Waals surface area contributed by atoms with Gasteiger partial charge in [-0.1, -0.05) is 30.3 Å². The molecule has 1 aromatic heterocycles. The molecule has 0 aliphatic carbocycles. The van der Waals surface area contributed by atoms with Gasteiger partial charge in [0.25, 0.3) is 0 Å². The molecule has 0 spiro atoms. The van der Waals surface area contributed by atoms with Gasteiger partial charge in [-0.2, -0.15) is 0 Å². The third-order valence-corrected chi connectivity index (χ3v) is 1.79. The van der Waals surface area contributed by atoms with E-state index >= 15 is 0 Å². The van der Waals surface area contributed by atoms with Crippen molar-refractivity contribution in [1.82, 2.24) is 4.98 Å². The second-order valence-electron chi connectivity index (χ2n) is 2.69. The van der Waals surface area contributed by atoms with E-state index in [1.54, 1.807) is 6.20 Å². The summed E-state index contributed by atoms with van der Waals surface area (Å²) < 4.78 is 5.38. The molecule has 3 heteroatoms. The van der Waals surface area contributed by atoms with Crippen LogP contribution in [-0.4, -0.2) is 4.98 Å². The van der Waals surface area contributed by atoms with Crippen molar-refractivity contribution < 1.29 is 4.42 Å². The number of hydrogen-bond donors (Lipinski definition) is 1. The van der Waals surface area contributed by atoms with Crippen LogP contribution in [0.15, 0.2) is 40.9 Å². The molecule has 3 nitrogen and oxygen atoms in total. The lowest BCUT2D eigenvalue weighted by Crippen LogP contribution is -1.94. The van der Waals surface area contributed by atoms with Gasteiger partial charge in [-0.25, -0.2) is 4.98 Å². The van der Waals surface area contributed by atoms with Crippen molar-refractivity contribution in [3.8, 4) is 11.3 Å². The number of benzene rings is 1. The highest BCUT2D eigenvalue weighted by atomic mass is 16.4. The maximum absolute atomic E-state index is 5.38. The average molecular weight is 174 g/mol. The summed E-state index contributed by atoms with van der Waals surface area (Å²) in [5.41, 5.74) is 6.41. The highest BCUT2D eigenvalue weighted by Crippen LogP contribution is 2.19. The van der Waals surface area contributed by atoms with Crippen LogP contribution in [0.5, 0.6) is 0 Å². The third-order valence-electron chi connectivity index (χ3n) is 1.79. The molecule has 0 saturated heterocycles. The summed E-state index contributed by atoms with van der Waals surface area (Å²) >= 11 is 0. The van der Waals surface area contributed by atoms with Crippen molar-refractivity contribution in [2.24, 2.45) is 5.73 Å². The van der Waals surface area contributed by atoms with Gasteiger partial charge in [0, 0.05) is 5.56 Å². The van der Waals surface area contributed by atoms with Crippen LogP contribution in [0.1, 0.15) is 5.89 Å². The highest BCUT2D eigenvalue weighted by molar-refractivity contribution is 5.55. The molecule has 0 fully saturated rings. The number of aromatic nitrogens is 1. The molecule has 0 atom stereocenters. The molecule has 0 amide bonds. The van der Waals surface area contributed by atoms with Gasteiger partial charge < -0.3 is 10.2 Å². The summed E-state index contributed by atoms with van der Waals surface area (Å²) in [5, 5.41) is 0.